The number of nitrogens with one attached hydrogen (secondary N) is 2. The van der Waals surface area contributed by atoms with Crippen molar-refractivity contribution in [1.82, 2.24) is 24.6 Å². The van der Waals surface area contributed by atoms with E-state index in [9.17, 15) is 0 Å². The lowest BCUT2D eigenvalue weighted by molar-refractivity contribution is 0.221. The molecular formula is C21H29N7S. The van der Waals surface area contributed by atoms with Gasteiger partial charge in [0, 0.05) is 30.2 Å². The molecule has 0 radical (unpaired) electrons. The average molecular weight is 412 g/mol. The van der Waals surface area contributed by atoms with Gasteiger partial charge in [-0.1, -0.05) is 0 Å². The molecule has 0 spiro atoms. The van der Waals surface area contributed by atoms with Gasteiger partial charge in [0.25, 0.3) is 0 Å². The molecule has 3 aromatic heterocycles. The Hall–Kier alpha value is -2.19. The smallest absolute Gasteiger partial charge is 0.230 e. The fourth-order valence-corrected chi connectivity index (χ4v) is 5.96. The van der Waals surface area contributed by atoms with Crippen LogP contribution in [0.1, 0.15) is 42.5 Å². The molecule has 2 aliphatic rings. The minimum absolute atomic E-state index is 0.479. The number of aromatic nitrogens is 4. The lowest BCUT2D eigenvalue weighted by Gasteiger charge is -2.33. The van der Waals surface area contributed by atoms with Gasteiger partial charge in [0.1, 0.15) is 10.6 Å². The van der Waals surface area contributed by atoms with Crippen molar-refractivity contribution in [3.8, 4) is 0 Å². The van der Waals surface area contributed by atoms with E-state index in [1.165, 1.54) is 54.4 Å². The Bertz CT molecular complexity index is 1010. The van der Waals surface area contributed by atoms with Crippen LogP contribution in [0.4, 0.5) is 17.5 Å². The molecule has 0 atom stereocenters. The van der Waals surface area contributed by atoms with E-state index in [0.717, 1.165) is 22.8 Å². The molecule has 3 heterocycles. The lowest BCUT2D eigenvalue weighted by atomic mass is 9.90. The summed E-state index contributed by atoms with van der Waals surface area (Å²) < 4.78 is 1.78. The van der Waals surface area contributed by atoms with E-state index in [0.29, 0.717) is 18.0 Å². The standard InChI is InChI=1S/C21H29N7S/c1-27(2)15-9-7-13(8-10-15)23-19-18-16-5-4-6-17(16)29-20(18)26-21(25-19)24-14-11-22-28(3)12-14/h11-13,15H,4-10H2,1-3H3,(H2,23,24,25,26). The van der Waals surface area contributed by atoms with Gasteiger partial charge in [-0.2, -0.15) is 10.1 Å². The van der Waals surface area contributed by atoms with Crippen LogP contribution in [0.15, 0.2) is 12.4 Å². The second-order valence-electron chi connectivity index (χ2n) is 8.57. The summed E-state index contributed by atoms with van der Waals surface area (Å²) in [5.41, 5.74) is 2.38. The molecule has 0 saturated heterocycles. The van der Waals surface area contributed by atoms with Crippen LogP contribution >= 0.6 is 11.3 Å². The molecule has 29 heavy (non-hydrogen) atoms. The third kappa shape index (κ3) is 3.71. The normalized spacial score (nSPS) is 21.7. The van der Waals surface area contributed by atoms with Crippen LogP contribution in [0, 0.1) is 0 Å². The van der Waals surface area contributed by atoms with Crippen LogP contribution in [0.25, 0.3) is 10.2 Å². The minimum Gasteiger partial charge on any atom is -0.367 e. The van der Waals surface area contributed by atoms with Crippen LogP contribution < -0.4 is 10.6 Å². The monoisotopic (exact) mass is 411 g/mol. The molecule has 3 aromatic rings. The summed E-state index contributed by atoms with van der Waals surface area (Å²) in [5.74, 6) is 1.66. The zero-order chi connectivity index (χ0) is 20.0. The molecule has 0 aliphatic heterocycles. The second kappa shape index (κ2) is 7.57. The van der Waals surface area contributed by atoms with E-state index >= 15 is 0 Å². The SMILES string of the molecule is CN(C)C1CCC(Nc2nc(Nc3cnn(C)c3)nc3sc4c(c23)CCC4)CC1. The number of aryl methyl sites for hydroxylation is 3. The van der Waals surface area contributed by atoms with Crippen molar-refractivity contribution in [1.29, 1.82) is 0 Å². The van der Waals surface area contributed by atoms with Crippen molar-refractivity contribution in [2.45, 2.75) is 57.0 Å². The molecule has 2 aliphatic carbocycles. The van der Waals surface area contributed by atoms with Crippen molar-refractivity contribution < 1.29 is 0 Å². The van der Waals surface area contributed by atoms with Crippen molar-refractivity contribution >= 4 is 39.0 Å². The quantitative estimate of drug-likeness (QED) is 0.663. The Balaban J connectivity index is 1.45. The van der Waals surface area contributed by atoms with Gasteiger partial charge in [-0.05, 0) is 64.6 Å². The molecule has 0 amide bonds. The maximum Gasteiger partial charge on any atom is 0.230 e. The Morgan fingerprint density at radius 3 is 2.69 bits per heavy atom. The molecule has 154 valence electrons. The first-order valence-electron chi connectivity index (χ1n) is 10.6. The summed E-state index contributed by atoms with van der Waals surface area (Å²) in [6, 6.07) is 1.18. The van der Waals surface area contributed by atoms with Gasteiger partial charge in [-0.15, -0.1) is 11.3 Å². The molecule has 8 heteroatoms. The number of hydrogen-bond donors (Lipinski definition) is 2. The average Bonchev–Trinajstić information content (AvgIpc) is 3.38. The predicted octanol–water partition coefficient (Wildman–Crippen LogP) is 3.94. The number of nitrogens with zero attached hydrogens (tertiary/aromatic N) is 5. The van der Waals surface area contributed by atoms with Crippen molar-refractivity contribution in [3.05, 3.63) is 22.8 Å². The number of fused-ring (bicyclic) bond motifs is 3. The van der Waals surface area contributed by atoms with E-state index < -0.39 is 0 Å². The maximum absolute atomic E-state index is 4.93. The highest BCUT2D eigenvalue weighted by molar-refractivity contribution is 7.19. The van der Waals surface area contributed by atoms with Gasteiger partial charge < -0.3 is 15.5 Å². The highest BCUT2D eigenvalue weighted by atomic mass is 32.1. The molecule has 7 nitrogen and oxygen atoms in total. The molecule has 1 fully saturated rings. The molecular weight excluding hydrogens is 382 g/mol. The fourth-order valence-electron chi connectivity index (χ4n) is 4.70. The van der Waals surface area contributed by atoms with Crippen LogP contribution in [-0.4, -0.2) is 50.8 Å². The Labute approximate surface area is 175 Å². The Morgan fingerprint density at radius 2 is 1.97 bits per heavy atom. The summed E-state index contributed by atoms with van der Waals surface area (Å²) in [7, 11) is 6.30. The number of thiophene rings is 1. The highest BCUT2D eigenvalue weighted by Gasteiger charge is 2.26. The first-order chi connectivity index (χ1) is 14.1. The summed E-state index contributed by atoms with van der Waals surface area (Å²) in [4.78, 5) is 14.7. The van der Waals surface area contributed by atoms with Gasteiger partial charge in [-0.3, -0.25) is 4.68 Å². The molecule has 1 saturated carbocycles. The van der Waals surface area contributed by atoms with Gasteiger partial charge >= 0.3 is 0 Å². The summed E-state index contributed by atoms with van der Waals surface area (Å²) in [6.45, 7) is 0. The van der Waals surface area contributed by atoms with E-state index in [-0.39, 0.29) is 0 Å². The van der Waals surface area contributed by atoms with Gasteiger partial charge in [0.15, 0.2) is 0 Å². The lowest BCUT2D eigenvalue weighted by Crippen LogP contribution is -2.36. The molecule has 0 bridgehead atoms. The highest BCUT2D eigenvalue weighted by Crippen LogP contribution is 2.41. The van der Waals surface area contributed by atoms with E-state index in [1.54, 1.807) is 10.9 Å². The molecule has 5 rings (SSSR count). The van der Waals surface area contributed by atoms with E-state index in [4.69, 9.17) is 9.97 Å². The van der Waals surface area contributed by atoms with Crippen LogP contribution in [-0.2, 0) is 19.9 Å². The topological polar surface area (TPSA) is 70.9 Å². The number of hydrogen-bond acceptors (Lipinski definition) is 7. The third-order valence-corrected chi connectivity index (χ3v) is 7.48. The Kier molecular flexibility index (Phi) is 4.91. The zero-order valence-electron chi connectivity index (χ0n) is 17.4. The van der Waals surface area contributed by atoms with E-state index in [1.807, 2.05) is 24.6 Å². The van der Waals surface area contributed by atoms with Gasteiger partial charge in [0.2, 0.25) is 5.95 Å². The zero-order valence-corrected chi connectivity index (χ0v) is 18.2. The third-order valence-electron chi connectivity index (χ3n) is 6.29. The summed E-state index contributed by atoms with van der Waals surface area (Å²) in [6.07, 6.45) is 12.2. The van der Waals surface area contributed by atoms with Gasteiger partial charge in [0.05, 0.1) is 17.3 Å². The second-order valence-corrected chi connectivity index (χ2v) is 9.66. The van der Waals surface area contributed by atoms with Crippen LogP contribution in [0.3, 0.4) is 0 Å². The fraction of sp³-hybridized carbons (Fsp3) is 0.571. The molecule has 0 unspecified atom stereocenters. The largest absolute Gasteiger partial charge is 0.367 e. The van der Waals surface area contributed by atoms with Crippen LogP contribution in [0.2, 0.25) is 0 Å². The van der Waals surface area contributed by atoms with Gasteiger partial charge in [-0.25, -0.2) is 4.98 Å². The number of anilines is 3. The van der Waals surface area contributed by atoms with Crippen molar-refractivity contribution in [2.75, 3.05) is 24.7 Å². The molecule has 2 N–H and O–H groups in total. The Morgan fingerprint density at radius 1 is 1.14 bits per heavy atom. The maximum atomic E-state index is 4.93. The van der Waals surface area contributed by atoms with Crippen molar-refractivity contribution in [3.63, 3.8) is 0 Å². The van der Waals surface area contributed by atoms with Crippen LogP contribution in [0.5, 0.6) is 0 Å². The van der Waals surface area contributed by atoms with E-state index in [2.05, 4.69) is 34.7 Å². The minimum atomic E-state index is 0.479. The molecule has 0 aromatic carbocycles. The first kappa shape index (κ1) is 18.8. The summed E-state index contributed by atoms with van der Waals surface area (Å²) >= 11 is 1.84. The number of rotatable bonds is 5. The summed E-state index contributed by atoms with van der Waals surface area (Å²) in [5, 5.41) is 12.6. The predicted molar refractivity (Wildman–Crippen MR) is 119 cm³/mol. The van der Waals surface area contributed by atoms with Crippen molar-refractivity contribution in [2.24, 2.45) is 7.05 Å². The first-order valence-corrected chi connectivity index (χ1v) is 11.4.